The summed E-state index contributed by atoms with van der Waals surface area (Å²) in [5.74, 6) is 5.30. The summed E-state index contributed by atoms with van der Waals surface area (Å²) in [6.45, 7) is 12.6. The molecule has 0 spiro atoms. The van der Waals surface area contributed by atoms with E-state index in [4.69, 9.17) is 4.74 Å². The van der Waals surface area contributed by atoms with Gasteiger partial charge in [-0.3, -0.25) is 4.79 Å². The molecule has 0 unspecified atom stereocenters. The largest absolute Gasteiger partial charge is 0.462 e. The first-order valence-corrected chi connectivity index (χ1v) is 16.8. The van der Waals surface area contributed by atoms with Gasteiger partial charge in [-0.25, -0.2) is 0 Å². The maximum atomic E-state index is 12.4. The maximum Gasteiger partial charge on any atom is 0.306 e. The Morgan fingerprint density at radius 1 is 1.00 bits per heavy atom. The molecule has 0 bridgehead atoms. The van der Waals surface area contributed by atoms with Crippen LogP contribution in [0.4, 0.5) is 0 Å². The molecule has 0 aromatic carbocycles. The van der Waals surface area contributed by atoms with E-state index in [1.807, 2.05) is 0 Å². The number of ether oxygens (including phenoxy) is 1. The van der Waals surface area contributed by atoms with E-state index in [9.17, 15) is 4.79 Å². The van der Waals surface area contributed by atoms with Gasteiger partial charge in [-0.05, 0) is 104 Å². The highest BCUT2D eigenvalue weighted by Crippen LogP contribution is 2.67. The van der Waals surface area contributed by atoms with Gasteiger partial charge in [0.15, 0.2) is 0 Å². The summed E-state index contributed by atoms with van der Waals surface area (Å²) in [4.78, 5) is 12.4. The Bertz CT molecular complexity index is 774. The van der Waals surface area contributed by atoms with Crippen molar-refractivity contribution in [2.45, 2.75) is 137 Å². The van der Waals surface area contributed by atoms with Crippen molar-refractivity contribution in [2.24, 2.45) is 46.3 Å². The minimum absolute atomic E-state index is 0.0282. The average Bonchev–Trinajstić information content (AvgIpc) is 3.19. The molecule has 0 radical (unpaired) electrons. The summed E-state index contributed by atoms with van der Waals surface area (Å²) in [5, 5.41) is 1.03. The molecule has 36 heavy (non-hydrogen) atoms. The number of hydrogen-bond donors (Lipinski definition) is 0. The molecule has 0 N–H and O–H groups in total. The number of fused-ring (bicyclic) bond motifs is 5. The maximum absolute atomic E-state index is 12.4. The second kappa shape index (κ2) is 12.3. The number of alkyl halides is 1. The topological polar surface area (TPSA) is 26.3 Å². The van der Waals surface area contributed by atoms with Crippen LogP contribution < -0.4 is 0 Å². The molecule has 0 heterocycles. The Kier molecular flexibility index (Phi) is 9.76. The quantitative estimate of drug-likeness (QED) is 0.108. The minimum Gasteiger partial charge on any atom is -0.462 e. The first-order valence-electron chi connectivity index (χ1n) is 15.6. The Hall–Kier alpha value is -0.310. The van der Waals surface area contributed by atoms with E-state index in [-0.39, 0.29) is 12.1 Å². The molecule has 4 aliphatic carbocycles. The van der Waals surface area contributed by atoms with Crippen LogP contribution >= 0.6 is 15.9 Å². The van der Waals surface area contributed by atoms with Crippen molar-refractivity contribution in [1.29, 1.82) is 0 Å². The van der Waals surface area contributed by atoms with Gasteiger partial charge in [-0.15, -0.1) is 0 Å². The molecule has 3 heteroatoms. The number of carbonyl (C=O) groups is 1. The van der Waals surface area contributed by atoms with E-state index in [2.05, 4.69) is 56.6 Å². The first-order chi connectivity index (χ1) is 17.2. The minimum atomic E-state index is 0.0282. The van der Waals surface area contributed by atoms with Crippen LogP contribution in [0.2, 0.25) is 0 Å². The fourth-order valence-electron chi connectivity index (χ4n) is 9.54. The molecule has 0 saturated heterocycles. The van der Waals surface area contributed by atoms with Gasteiger partial charge in [0.25, 0.3) is 0 Å². The van der Waals surface area contributed by atoms with Crippen molar-refractivity contribution in [2.75, 3.05) is 5.33 Å². The van der Waals surface area contributed by atoms with E-state index in [0.29, 0.717) is 17.3 Å². The van der Waals surface area contributed by atoms with Crippen LogP contribution in [0.25, 0.3) is 0 Å². The van der Waals surface area contributed by atoms with E-state index >= 15 is 0 Å². The molecule has 3 saturated carbocycles. The summed E-state index contributed by atoms with van der Waals surface area (Å²) in [7, 11) is 0. The normalized spacial score (nSPS) is 38.6. The Morgan fingerprint density at radius 2 is 1.81 bits per heavy atom. The third-order valence-electron chi connectivity index (χ3n) is 11.6. The molecule has 2 nitrogen and oxygen atoms in total. The number of rotatable bonds is 11. The molecule has 0 aliphatic heterocycles. The SMILES string of the molecule is CC(C)CCC[C@@H](C)[C@H]1CC[C@H]2[C@@H]3CC=C4C[C@@H](OC(=O)CCCCCBr)CC[C@]4(C)[C@H]3CC[C@]12C. The molecule has 0 aromatic heterocycles. The molecule has 0 aromatic rings. The Balaban J connectivity index is 1.36. The molecule has 206 valence electrons. The molecular formula is C33H55BrO2. The van der Waals surface area contributed by atoms with Crippen molar-refractivity contribution in [1.82, 2.24) is 0 Å². The van der Waals surface area contributed by atoms with E-state index in [0.717, 1.165) is 72.9 Å². The fourth-order valence-corrected chi connectivity index (χ4v) is 9.93. The summed E-state index contributed by atoms with van der Waals surface area (Å²) < 4.78 is 5.98. The molecule has 3 fully saturated rings. The van der Waals surface area contributed by atoms with Crippen LogP contribution in [0.3, 0.4) is 0 Å². The predicted octanol–water partition coefficient (Wildman–Crippen LogP) is 9.89. The molecule has 4 aliphatic rings. The predicted molar refractivity (Wildman–Crippen MR) is 155 cm³/mol. The standard InChI is InChI=1S/C33H55BrO2/c1-23(2)10-9-11-24(3)28-15-16-29-27-14-13-25-22-26(36-31(35)12-7-6-8-21-34)17-19-32(25,4)30(27)18-20-33(28,29)5/h13,23-24,26-30H,6-12,14-22H2,1-5H3/t24-,26+,27+,28-,29+,30+,32+,33-/m1/s1. The molecule has 8 atom stereocenters. The second-order valence-electron chi connectivity index (χ2n) is 14.1. The van der Waals surface area contributed by atoms with Gasteiger partial charge in [0.05, 0.1) is 0 Å². The Labute approximate surface area is 231 Å². The smallest absolute Gasteiger partial charge is 0.306 e. The van der Waals surface area contributed by atoms with E-state index < -0.39 is 0 Å². The van der Waals surface area contributed by atoms with Crippen LogP contribution in [-0.2, 0) is 9.53 Å². The van der Waals surface area contributed by atoms with Crippen LogP contribution in [0.5, 0.6) is 0 Å². The number of carbonyl (C=O) groups excluding carboxylic acids is 1. The van der Waals surface area contributed by atoms with Crippen LogP contribution in [0.1, 0.15) is 131 Å². The highest BCUT2D eigenvalue weighted by molar-refractivity contribution is 9.09. The summed E-state index contributed by atoms with van der Waals surface area (Å²) in [5.41, 5.74) is 2.53. The third-order valence-corrected chi connectivity index (χ3v) is 12.1. The van der Waals surface area contributed by atoms with Gasteiger partial charge in [0.1, 0.15) is 6.10 Å². The lowest BCUT2D eigenvalue weighted by Gasteiger charge is -2.58. The summed E-state index contributed by atoms with van der Waals surface area (Å²) >= 11 is 3.48. The highest BCUT2D eigenvalue weighted by Gasteiger charge is 2.59. The Morgan fingerprint density at radius 3 is 2.56 bits per heavy atom. The van der Waals surface area contributed by atoms with Crippen LogP contribution in [0.15, 0.2) is 11.6 Å². The number of halogens is 1. The fraction of sp³-hybridized carbons (Fsp3) is 0.909. The van der Waals surface area contributed by atoms with E-state index in [1.165, 1.54) is 57.8 Å². The van der Waals surface area contributed by atoms with Crippen molar-refractivity contribution >= 4 is 21.9 Å². The zero-order chi connectivity index (χ0) is 25.9. The molecule has 4 rings (SSSR count). The lowest BCUT2D eigenvalue weighted by molar-refractivity contribution is -0.151. The second-order valence-corrected chi connectivity index (χ2v) is 14.9. The summed E-state index contributed by atoms with van der Waals surface area (Å²) in [6, 6.07) is 0. The zero-order valence-corrected chi connectivity index (χ0v) is 25.7. The highest BCUT2D eigenvalue weighted by atomic mass is 79.9. The van der Waals surface area contributed by atoms with Gasteiger partial charge < -0.3 is 4.74 Å². The monoisotopic (exact) mass is 562 g/mol. The van der Waals surface area contributed by atoms with Crippen molar-refractivity contribution in [3.05, 3.63) is 11.6 Å². The molecular weight excluding hydrogens is 508 g/mol. The lowest BCUT2D eigenvalue weighted by atomic mass is 9.47. The van der Waals surface area contributed by atoms with Gasteiger partial charge in [0.2, 0.25) is 0 Å². The number of hydrogen-bond acceptors (Lipinski definition) is 2. The van der Waals surface area contributed by atoms with E-state index in [1.54, 1.807) is 5.57 Å². The van der Waals surface area contributed by atoms with Gasteiger partial charge >= 0.3 is 5.97 Å². The average molecular weight is 564 g/mol. The van der Waals surface area contributed by atoms with Gasteiger partial charge in [-0.1, -0.05) is 87.9 Å². The molecule has 0 amide bonds. The number of unbranched alkanes of at least 4 members (excludes halogenated alkanes) is 2. The lowest BCUT2D eigenvalue weighted by Crippen LogP contribution is -2.51. The van der Waals surface area contributed by atoms with Crippen LogP contribution in [0, 0.1) is 46.3 Å². The zero-order valence-electron chi connectivity index (χ0n) is 24.1. The summed E-state index contributed by atoms with van der Waals surface area (Å²) in [6.07, 6.45) is 21.1. The van der Waals surface area contributed by atoms with Crippen molar-refractivity contribution in [3.63, 3.8) is 0 Å². The number of allylic oxidation sites excluding steroid dienone is 1. The van der Waals surface area contributed by atoms with Crippen molar-refractivity contribution in [3.8, 4) is 0 Å². The van der Waals surface area contributed by atoms with Gasteiger partial charge in [0, 0.05) is 18.2 Å². The first kappa shape index (κ1) is 28.7. The third kappa shape index (κ3) is 5.96. The van der Waals surface area contributed by atoms with Crippen LogP contribution in [-0.4, -0.2) is 17.4 Å². The van der Waals surface area contributed by atoms with Crippen molar-refractivity contribution < 1.29 is 9.53 Å². The van der Waals surface area contributed by atoms with Gasteiger partial charge in [-0.2, -0.15) is 0 Å². The number of esters is 1.